The van der Waals surface area contributed by atoms with E-state index in [0.717, 1.165) is 6.21 Å². The van der Waals surface area contributed by atoms with Crippen molar-refractivity contribution >= 4 is 23.8 Å². The summed E-state index contributed by atoms with van der Waals surface area (Å²) in [7, 11) is 1.48. The van der Waals surface area contributed by atoms with Gasteiger partial charge in [-0.25, -0.2) is 5.43 Å². The van der Waals surface area contributed by atoms with E-state index < -0.39 is 46.4 Å². The summed E-state index contributed by atoms with van der Waals surface area (Å²) in [4.78, 5) is 33.8. The maximum atomic E-state index is 11.5. The van der Waals surface area contributed by atoms with Crippen molar-refractivity contribution in [3.8, 4) is 34.5 Å². The van der Waals surface area contributed by atoms with E-state index in [4.69, 9.17) is 15.9 Å². The van der Waals surface area contributed by atoms with Crippen LogP contribution in [0.25, 0.3) is 0 Å². The van der Waals surface area contributed by atoms with Gasteiger partial charge in [0.2, 0.25) is 17.4 Å². The molecule has 196 valence electrons. The van der Waals surface area contributed by atoms with Crippen LogP contribution in [0.4, 0.5) is 0 Å². The van der Waals surface area contributed by atoms with Gasteiger partial charge in [-0.05, 0) is 24.6 Å². The number of aromatic hydroxyl groups is 6. The van der Waals surface area contributed by atoms with Crippen LogP contribution in [0.5, 0.6) is 34.5 Å². The van der Waals surface area contributed by atoms with E-state index in [-0.39, 0.29) is 42.1 Å². The van der Waals surface area contributed by atoms with Gasteiger partial charge < -0.3 is 41.7 Å². The summed E-state index contributed by atoms with van der Waals surface area (Å²) in [6.45, 7) is 1.76. The van der Waals surface area contributed by atoms with Gasteiger partial charge in [-0.3, -0.25) is 14.4 Å². The molecule has 0 saturated carbocycles. The molecule has 0 unspecified atom stereocenters. The molecule has 0 heterocycles. The monoisotopic (exact) mass is 506 g/mol. The molecule has 2 rings (SSSR count). The zero-order valence-electron chi connectivity index (χ0n) is 19.7. The predicted octanol–water partition coefficient (Wildman–Crippen LogP) is 0.432. The summed E-state index contributed by atoms with van der Waals surface area (Å²) in [5.74, 6) is -4.13. The number of carbonyl (C=O) groups excluding carboxylic acids is 3. The number of carbonyl (C=O) groups is 3. The lowest BCUT2D eigenvalue weighted by atomic mass is 10.0. The van der Waals surface area contributed by atoms with Gasteiger partial charge in [0.15, 0.2) is 23.0 Å². The Morgan fingerprint density at radius 2 is 1.50 bits per heavy atom. The topological polar surface area (TPSA) is 235 Å². The van der Waals surface area contributed by atoms with Crippen LogP contribution in [-0.4, -0.2) is 67.5 Å². The molecule has 0 radical (unpaired) electrons. The van der Waals surface area contributed by atoms with Crippen molar-refractivity contribution in [2.24, 2.45) is 10.8 Å². The average molecular weight is 507 g/mol. The van der Waals surface area contributed by atoms with Gasteiger partial charge in [0, 0.05) is 37.4 Å². The third-order valence-corrected chi connectivity index (χ3v) is 4.83. The van der Waals surface area contributed by atoms with Crippen LogP contribution in [0.3, 0.4) is 0 Å². The van der Waals surface area contributed by atoms with E-state index in [2.05, 4.69) is 15.8 Å². The van der Waals surface area contributed by atoms with E-state index in [1.54, 1.807) is 6.92 Å². The van der Waals surface area contributed by atoms with Gasteiger partial charge in [-0.2, -0.15) is 5.10 Å². The van der Waals surface area contributed by atoms with Crippen molar-refractivity contribution in [2.45, 2.75) is 38.6 Å². The number of nitrogens with one attached hydrogen (secondary N) is 2. The Labute approximate surface area is 206 Å². The highest BCUT2D eigenvalue weighted by atomic mass is 16.3. The van der Waals surface area contributed by atoms with Gasteiger partial charge in [0.1, 0.15) is 5.78 Å². The van der Waals surface area contributed by atoms with E-state index in [9.17, 15) is 34.8 Å². The molecule has 0 saturated heterocycles. The van der Waals surface area contributed by atoms with Crippen LogP contribution >= 0.6 is 0 Å². The summed E-state index contributed by atoms with van der Waals surface area (Å²) >= 11 is 0. The summed E-state index contributed by atoms with van der Waals surface area (Å²) in [6, 6.07) is 4.41. The lowest BCUT2D eigenvalue weighted by molar-refractivity contribution is -0.124. The van der Waals surface area contributed by atoms with Gasteiger partial charge in [0.05, 0.1) is 12.3 Å². The molecule has 0 aromatic heterocycles. The fraction of sp³-hybridized carbons (Fsp3) is 0.304. The fourth-order valence-electron chi connectivity index (χ4n) is 2.55. The molecule has 0 bridgehead atoms. The molecule has 0 aliphatic carbocycles. The highest BCUT2D eigenvalue weighted by Gasteiger charge is 2.15. The number of Topliss-reactive ketones (excluding diaryl/α,β-unsaturated/α-hetero) is 1. The van der Waals surface area contributed by atoms with Crippen molar-refractivity contribution in [2.75, 3.05) is 7.05 Å². The third kappa shape index (κ3) is 8.68. The Kier molecular flexibility index (Phi) is 11.5. The van der Waals surface area contributed by atoms with Crippen molar-refractivity contribution in [3.05, 3.63) is 35.4 Å². The summed E-state index contributed by atoms with van der Waals surface area (Å²) < 4.78 is 0. The van der Waals surface area contributed by atoms with Crippen LogP contribution in [0.1, 0.15) is 37.3 Å². The quantitative estimate of drug-likeness (QED) is 0.129. The lowest BCUT2D eigenvalue weighted by Crippen LogP contribution is -2.37. The molecule has 0 spiro atoms. The number of rotatable bonds is 9. The zero-order valence-corrected chi connectivity index (χ0v) is 19.7. The summed E-state index contributed by atoms with van der Waals surface area (Å²) in [5, 5.41) is 61.7. The van der Waals surface area contributed by atoms with Gasteiger partial charge in [-0.15, -0.1) is 0 Å². The molecule has 2 aromatic carbocycles. The number of hydrazone groups is 1. The molecule has 2 aromatic rings. The van der Waals surface area contributed by atoms with E-state index in [1.807, 2.05) is 0 Å². The van der Waals surface area contributed by atoms with Crippen LogP contribution in [0.15, 0.2) is 29.4 Å². The molecular weight excluding hydrogens is 476 g/mol. The average Bonchev–Trinajstić information content (AvgIpc) is 2.87. The number of hydrogen-bond acceptors (Lipinski definition) is 11. The first-order valence-electron chi connectivity index (χ1n) is 10.7. The Hall–Kier alpha value is -4.52. The fourth-order valence-corrected chi connectivity index (χ4v) is 2.55. The number of hydrogen-bond donors (Lipinski definition) is 9. The van der Waals surface area contributed by atoms with Crippen LogP contribution in [0, 0.1) is 0 Å². The Balaban J connectivity index is 0.000000360. The molecule has 0 aliphatic rings. The minimum atomic E-state index is -0.649. The molecule has 0 fully saturated rings. The number of nitrogens with zero attached hydrogens (tertiary/aromatic N) is 1. The molecule has 36 heavy (non-hydrogen) atoms. The standard InChI is InChI=1S/C12H15NO5.C11H15N3O4/c1-13-10(16)5-3-8(14)6-7-2-4-9(15)12(18)11(7)17;1-2-7(12)11(18)14-13-5-6-3-4-8(15)10(17)9(6)16/h2,4,15,17-18H,3,5-6H2,1H3,(H,13,16);3-5,7,15-17H,2,12H2,1H3,(H,14,18)/b;13-5+/t;7-/m.0/s1. The van der Waals surface area contributed by atoms with Gasteiger partial charge >= 0.3 is 0 Å². The minimum Gasteiger partial charge on any atom is -0.504 e. The van der Waals surface area contributed by atoms with Crippen LogP contribution in [-0.2, 0) is 20.8 Å². The van der Waals surface area contributed by atoms with E-state index in [1.165, 1.54) is 31.3 Å². The number of nitrogens with two attached hydrogens (primary N) is 1. The Bertz CT molecular complexity index is 1120. The largest absolute Gasteiger partial charge is 0.504 e. The first kappa shape index (κ1) is 29.5. The second kappa shape index (κ2) is 14.0. The summed E-state index contributed by atoms with van der Waals surface area (Å²) in [6.07, 6.45) is 1.65. The maximum absolute atomic E-state index is 11.5. The highest BCUT2D eigenvalue weighted by molar-refractivity contribution is 5.88. The molecule has 10 N–H and O–H groups in total. The third-order valence-electron chi connectivity index (χ3n) is 4.83. The van der Waals surface area contributed by atoms with Gasteiger partial charge in [0.25, 0.3) is 5.91 Å². The second-order valence-corrected chi connectivity index (χ2v) is 7.45. The molecule has 2 amide bonds. The highest BCUT2D eigenvalue weighted by Crippen LogP contribution is 2.37. The SMILES string of the molecule is CC[C@H](N)C(=O)N/N=C/c1ccc(O)c(O)c1O.CNC(=O)CCC(=O)Cc1ccc(O)c(O)c1O. The molecular formula is C23H30N4O9. The lowest BCUT2D eigenvalue weighted by Gasteiger charge is -2.07. The molecule has 1 atom stereocenters. The molecule has 0 aliphatic heterocycles. The Morgan fingerprint density at radius 3 is 2.08 bits per heavy atom. The smallest absolute Gasteiger partial charge is 0.256 e. The number of benzene rings is 2. The van der Waals surface area contributed by atoms with E-state index >= 15 is 0 Å². The number of amides is 2. The number of phenolic OH excluding ortho intramolecular Hbond substituents is 6. The minimum absolute atomic E-state index is 0.0563. The number of ketones is 1. The van der Waals surface area contributed by atoms with Gasteiger partial charge in [-0.1, -0.05) is 13.0 Å². The molecule has 13 nitrogen and oxygen atoms in total. The van der Waals surface area contributed by atoms with Crippen molar-refractivity contribution in [1.29, 1.82) is 0 Å². The summed E-state index contributed by atoms with van der Waals surface area (Å²) in [5.41, 5.74) is 8.02. The second-order valence-electron chi connectivity index (χ2n) is 7.45. The van der Waals surface area contributed by atoms with Crippen molar-refractivity contribution in [1.82, 2.24) is 10.7 Å². The van der Waals surface area contributed by atoms with Crippen LogP contribution in [0.2, 0.25) is 0 Å². The van der Waals surface area contributed by atoms with E-state index in [0.29, 0.717) is 6.42 Å². The van der Waals surface area contributed by atoms with Crippen LogP contribution < -0.4 is 16.5 Å². The predicted molar refractivity (Wildman–Crippen MR) is 129 cm³/mol. The number of phenols is 6. The normalized spacial score (nSPS) is 11.3. The van der Waals surface area contributed by atoms with Crippen molar-refractivity contribution in [3.63, 3.8) is 0 Å². The maximum Gasteiger partial charge on any atom is 0.256 e. The van der Waals surface area contributed by atoms with Crippen molar-refractivity contribution < 1.29 is 45.0 Å². The zero-order chi connectivity index (χ0) is 27.4. The first-order valence-corrected chi connectivity index (χ1v) is 10.7. The Morgan fingerprint density at radius 1 is 0.917 bits per heavy atom. The molecule has 13 heteroatoms. The first-order chi connectivity index (χ1) is 16.9.